The van der Waals surface area contributed by atoms with E-state index in [1.54, 1.807) is 0 Å². The van der Waals surface area contributed by atoms with Crippen LogP contribution in [-0.4, -0.2) is 34.2 Å². The molecule has 0 spiro atoms. The van der Waals surface area contributed by atoms with E-state index < -0.39 is 5.60 Å². The van der Waals surface area contributed by atoms with Gasteiger partial charge in [0.15, 0.2) is 0 Å². The third-order valence-corrected chi connectivity index (χ3v) is 3.46. The van der Waals surface area contributed by atoms with Crippen LogP contribution in [0.3, 0.4) is 0 Å². The third-order valence-electron chi connectivity index (χ3n) is 3.46. The fourth-order valence-corrected chi connectivity index (χ4v) is 2.56. The van der Waals surface area contributed by atoms with Gasteiger partial charge in [0, 0.05) is 24.5 Å². The quantitative estimate of drug-likeness (QED) is 0.849. The molecule has 0 aliphatic carbocycles. The summed E-state index contributed by atoms with van der Waals surface area (Å²) in [7, 11) is 0. The van der Waals surface area contributed by atoms with Crippen LogP contribution in [-0.2, 0) is 11.2 Å². The first kappa shape index (κ1) is 14.8. The van der Waals surface area contributed by atoms with Crippen molar-refractivity contribution in [3.63, 3.8) is 0 Å². The summed E-state index contributed by atoms with van der Waals surface area (Å²) in [5, 5.41) is 0. The van der Waals surface area contributed by atoms with E-state index >= 15 is 0 Å². The van der Waals surface area contributed by atoms with E-state index in [2.05, 4.69) is 4.98 Å². The summed E-state index contributed by atoms with van der Waals surface area (Å²) in [4.78, 5) is 18.4. The SMILES string of the molecule is CC(C)(C)OC(=O)N1CCCC1CCc1ccccn1. The van der Waals surface area contributed by atoms with Crippen LogP contribution in [0.25, 0.3) is 0 Å². The Morgan fingerprint density at radius 1 is 1.45 bits per heavy atom. The van der Waals surface area contributed by atoms with Crippen molar-refractivity contribution >= 4 is 6.09 Å². The van der Waals surface area contributed by atoms with Gasteiger partial charge in [0.25, 0.3) is 0 Å². The number of hydrogen-bond donors (Lipinski definition) is 0. The molecule has 1 aliphatic rings. The number of aryl methyl sites for hydroxylation is 1. The first-order valence-corrected chi connectivity index (χ1v) is 7.35. The molecular formula is C16H24N2O2. The second-order valence-electron chi connectivity index (χ2n) is 6.33. The lowest BCUT2D eigenvalue weighted by Gasteiger charge is -2.28. The third kappa shape index (κ3) is 4.22. The number of aromatic nitrogens is 1. The lowest BCUT2D eigenvalue weighted by molar-refractivity contribution is 0.0220. The van der Waals surface area contributed by atoms with E-state index in [0.29, 0.717) is 0 Å². The van der Waals surface area contributed by atoms with Crippen molar-refractivity contribution in [2.24, 2.45) is 0 Å². The largest absolute Gasteiger partial charge is 0.444 e. The molecule has 0 aromatic carbocycles. The molecule has 1 atom stereocenters. The molecule has 2 rings (SSSR count). The van der Waals surface area contributed by atoms with E-state index in [4.69, 9.17) is 4.74 Å². The average molecular weight is 276 g/mol. The van der Waals surface area contributed by atoms with Crippen LogP contribution in [0.15, 0.2) is 24.4 Å². The van der Waals surface area contributed by atoms with E-state index in [-0.39, 0.29) is 12.1 Å². The zero-order valence-electron chi connectivity index (χ0n) is 12.6. The zero-order chi connectivity index (χ0) is 14.6. The minimum Gasteiger partial charge on any atom is -0.444 e. The Hall–Kier alpha value is -1.58. The van der Waals surface area contributed by atoms with E-state index in [0.717, 1.165) is 37.9 Å². The first-order chi connectivity index (χ1) is 9.46. The highest BCUT2D eigenvalue weighted by Gasteiger charge is 2.31. The number of nitrogens with zero attached hydrogens (tertiary/aromatic N) is 2. The van der Waals surface area contributed by atoms with Gasteiger partial charge in [0.1, 0.15) is 5.60 Å². The van der Waals surface area contributed by atoms with Gasteiger partial charge in [0.05, 0.1) is 0 Å². The van der Waals surface area contributed by atoms with Crippen LogP contribution in [0.1, 0.15) is 45.7 Å². The van der Waals surface area contributed by atoms with Crippen LogP contribution >= 0.6 is 0 Å². The highest BCUT2D eigenvalue weighted by molar-refractivity contribution is 5.68. The summed E-state index contributed by atoms with van der Waals surface area (Å²) >= 11 is 0. The maximum absolute atomic E-state index is 12.2. The average Bonchev–Trinajstić information content (AvgIpc) is 2.84. The summed E-state index contributed by atoms with van der Waals surface area (Å²) in [5.74, 6) is 0. The molecule has 1 aliphatic heterocycles. The fourth-order valence-electron chi connectivity index (χ4n) is 2.56. The van der Waals surface area contributed by atoms with Gasteiger partial charge in [-0.1, -0.05) is 6.07 Å². The number of pyridine rings is 1. The van der Waals surface area contributed by atoms with Gasteiger partial charge in [-0.25, -0.2) is 4.79 Å². The van der Waals surface area contributed by atoms with Gasteiger partial charge in [-0.15, -0.1) is 0 Å². The lowest BCUT2D eigenvalue weighted by atomic mass is 10.1. The lowest BCUT2D eigenvalue weighted by Crippen LogP contribution is -2.40. The van der Waals surface area contributed by atoms with E-state index in [1.165, 1.54) is 0 Å². The first-order valence-electron chi connectivity index (χ1n) is 7.35. The highest BCUT2D eigenvalue weighted by Crippen LogP contribution is 2.24. The van der Waals surface area contributed by atoms with Crippen molar-refractivity contribution in [2.45, 2.75) is 58.1 Å². The maximum atomic E-state index is 12.2. The number of ether oxygens (including phenoxy) is 1. The topological polar surface area (TPSA) is 42.4 Å². The Bertz CT molecular complexity index is 440. The standard InChI is InChI=1S/C16H24N2O2/c1-16(2,3)20-15(19)18-12-6-8-14(18)10-9-13-7-4-5-11-17-13/h4-5,7,11,14H,6,8-10,12H2,1-3H3. The molecule has 4 nitrogen and oxygen atoms in total. The molecule has 1 aromatic rings. The molecule has 1 unspecified atom stereocenters. The number of hydrogen-bond acceptors (Lipinski definition) is 3. The van der Waals surface area contributed by atoms with Gasteiger partial charge in [-0.2, -0.15) is 0 Å². The van der Waals surface area contributed by atoms with E-state index in [9.17, 15) is 4.79 Å². The second kappa shape index (κ2) is 6.25. The van der Waals surface area contributed by atoms with Crippen molar-refractivity contribution < 1.29 is 9.53 Å². The van der Waals surface area contributed by atoms with Gasteiger partial charge < -0.3 is 9.64 Å². The molecule has 110 valence electrons. The summed E-state index contributed by atoms with van der Waals surface area (Å²) < 4.78 is 5.48. The summed E-state index contributed by atoms with van der Waals surface area (Å²) in [5.41, 5.74) is 0.661. The molecule has 0 saturated carbocycles. The Labute approximate surface area is 121 Å². The number of likely N-dealkylation sites (tertiary alicyclic amines) is 1. The maximum Gasteiger partial charge on any atom is 0.410 e. The second-order valence-corrected chi connectivity index (χ2v) is 6.33. The minimum atomic E-state index is -0.425. The van der Waals surface area contributed by atoms with Crippen molar-refractivity contribution in [3.8, 4) is 0 Å². The highest BCUT2D eigenvalue weighted by atomic mass is 16.6. The number of amides is 1. The summed E-state index contributed by atoms with van der Waals surface area (Å²) in [6, 6.07) is 6.24. The van der Waals surface area contributed by atoms with Crippen LogP contribution < -0.4 is 0 Å². The predicted octanol–water partition coefficient (Wildman–Crippen LogP) is 3.41. The van der Waals surface area contributed by atoms with Crippen molar-refractivity contribution in [2.75, 3.05) is 6.54 Å². The molecule has 0 bridgehead atoms. The summed E-state index contributed by atoms with van der Waals surface area (Å²) in [6.07, 6.45) is 5.62. The Morgan fingerprint density at radius 3 is 2.90 bits per heavy atom. The molecule has 4 heteroatoms. The van der Waals surface area contributed by atoms with Crippen LogP contribution in [0.5, 0.6) is 0 Å². The molecule has 2 heterocycles. The summed E-state index contributed by atoms with van der Waals surface area (Å²) in [6.45, 7) is 6.53. The molecule has 1 fully saturated rings. The Morgan fingerprint density at radius 2 is 2.25 bits per heavy atom. The minimum absolute atomic E-state index is 0.180. The molecular weight excluding hydrogens is 252 g/mol. The van der Waals surface area contributed by atoms with Crippen molar-refractivity contribution in [1.82, 2.24) is 9.88 Å². The van der Waals surface area contributed by atoms with Crippen molar-refractivity contribution in [1.29, 1.82) is 0 Å². The smallest absolute Gasteiger partial charge is 0.410 e. The molecule has 1 saturated heterocycles. The van der Waals surface area contributed by atoms with Crippen molar-refractivity contribution in [3.05, 3.63) is 30.1 Å². The van der Waals surface area contributed by atoms with Gasteiger partial charge in [-0.05, 0) is 58.6 Å². The fraction of sp³-hybridized carbons (Fsp3) is 0.625. The van der Waals surface area contributed by atoms with Crippen LogP contribution in [0.2, 0.25) is 0 Å². The number of rotatable bonds is 3. The zero-order valence-corrected chi connectivity index (χ0v) is 12.6. The van der Waals surface area contributed by atoms with Crippen LogP contribution in [0, 0.1) is 0 Å². The monoisotopic (exact) mass is 276 g/mol. The van der Waals surface area contributed by atoms with E-state index in [1.807, 2.05) is 50.1 Å². The molecule has 0 radical (unpaired) electrons. The number of carbonyl (C=O) groups is 1. The van der Waals surface area contributed by atoms with Gasteiger partial charge in [-0.3, -0.25) is 4.98 Å². The van der Waals surface area contributed by atoms with Crippen LogP contribution in [0.4, 0.5) is 4.79 Å². The normalized spacial score (nSPS) is 19.1. The van der Waals surface area contributed by atoms with Gasteiger partial charge >= 0.3 is 6.09 Å². The molecule has 1 aromatic heterocycles. The molecule has 0 N–H and O–H groups in total. The Kier molecular flexibility index (Phi) is 4.63. The molecule has 1 amide bonds. The predicted molar refractivity (Wildman–Crippen MR) is 78.5 cm³/mol. The molecule has 20 heavy (non-hydrogen) atoms. The number of carbonyl (C=O) groups excluding carboxylic acids is 1. The Balaban J connectivity index is 1.89. The van der Waals surface area contributed by atoms with Gasteiger partial charge in [0.2, 0.25) is 0 Å².